The lowest BCUT2D eigenvalue weighted by Crippen LogP contribution is -2.01. The fraction of sp³-hybridized carbons (Fsp3) is 0.250. The molecule has 0 amide bonds. The highest BCUT2D eigenvalue weighted by Gasteiger charge is 2.30. The number of aliphatic hydroxyl groups is 1. The van der Waals surface area contributed by atoms with Crippen molar-refractivity contribution in [3.63, 3.8) is 0 Å². The molecule has 0 fully saturated rings. The molecule has 0 saturated heterocycles. The van der Waals surface area contributed by atoms with Crippen molar-refractivity contribution in [3.05, 3.63) is 23.8 Å². The first-order valence-electron chi connectivity index (χ1n) is 3.67. The van der Waals surface area contributed by atoms with Gasteiger partial charge in [-0.3, -0.25) is 0 Å². The Balaban J connectivity index is 2.95. The zero-order valence-electron chi connectivity index (χ0n) is 7.01. The molecule has 1 aromatic rings. The van der Waals surface area contributed by atoms with Crippen LogP contribution < -0.4 is 5.73 Å². The van der Waals surface area contributed by atoms with Crippen molar-refractivity contribution < 1.29 is 18.3 Å². The number of aliphatic hydroxyl groups excluding tert-OH is 1. The summed E-state index contributed by atoms with van der Waals surface area (Å²) in [6.07, 6.45) is 0. The van der Waals surface area contributed by atoms with Crippen LogP contribution in [0.15, 0.2) is 23.1 Å². The second kappa shape index (κ2) is 4.10. The van der Waals surface area contributed by atoms with Crippen molar-refractivity contribution in [1.29, 1.82) is 0 Å². The van der Waals surface area contributed by atoms with Crippen LogP contribution >= 0.6 is 11.8 Å². The Labute approximate surface area is 82.9 Å². The fourth-order valence-corrected chi connectivity index (χ4v) is 1.54. The summed E-state index contributed by atoms with van der Waals surface area (Å²) in [7, 11) is 0. The molecule has 0 spiro atoms. The summed E-state index contributed by atoms with van der Waals surface area (Å²) in [5.41, 5.74) is 1.46. The number of benzene rings is 1. The van der Waals surface area contributed by atoms with Crippen LogP contribution in [0.3, 0.4) is 0 Å². The summed E-state index contributed by atoms with van der Waals surface area (Å²) in [4.78, 5) is -0.0796. The summed E-state index contributed by atoms with van der Waals surface area (Å²) in [6.45, 7) is -0.300. The molecule has 1 rings (SSSR count). The second-order valence-electron chi connectivity index (χ2n) is 2.58. The van der Waals surface area contributed by atoms with Crippen LogP contribution in [0.4, 0.5) is 18.9 Å². The Kier molecular flexibility index (Phi) is 3.28. The maximum absolute atomic E-state index is 12.0. The van der Waals surface area contributed by atoms with Gasteiger partial charge in [0, 0.05) is 10.6 Å². The van der Waals surface area contributed by atoms with Crippen molar-refractivity contribution in [2.24, 2.45) is 0 Å². The molecule has 78 valence electrons. The van der Waals surface area contributed by atoms with Crippen LogP contribution in [-0.4, -0.2) is 10.6 Å². The number of alkyl halides is 3. The Morgan fingerprint density at radius 2 is 2.00 bits per heavy atom. The first-order chi connectivity index (χ1) is 6.42. The van der Waals surface area contributed by atoms with E-state index in [-0.39, 0.29) is 29.0 Å². The molecule has 0 saturated carbocycles. The lowest BCUT2D eigenvalue weighted by Gasteiger charge is -2.09. The average molecular weight is 223 g/mol. The van der Waals surface area contributed by atoms with Crippen LogP contribution in [0.25, 0.3) is 0 Å². The summed E-state index contributed by atoms with van der Waals surface area (Å²) >= 11 is -0.279. The molecule has 0 atom stereocenters. The molecule has 0 aliphatic heterocycles. The number of hydrogen-bond donors (Lipinski definition) is 2. The Bertz CT molecular complexity index is 327. The monoisotopic (exact) mass is 223 g/mol. The van der Waals surface area contributed by atoms with E-state index in [0.717, 1.165) is 0 Å². The molecule has 0 aliphatic carbocycles. The van der Waals surface area contributed by atoms with Gasteiger partial charge < -0.3 is 10.8 Å². The predicted octanol–water partition coefficient (Wildman–Crippen LogP) is 2.37. The van der Waals surface area contributed by atoms with Gasteiger partial charge in [-0.2, -0.15) is 13.2 Å². The van der Waals surface area contributed by atoms with E-state index in [9.17, 15) is 13.2 Å². The van der Waals surface area contributed by atoms with Crippen molar-refractivity contribution in [2.45, 2.75) is 17.0 Å². The zero-order chi connectivity index (χ0) is 10.8. The van der Waals surface area contributed by atoms with Gasteiger partial charge in [0.15, 0.2) is 0 Å². The molecule has 0 aromatic heterocycles. The van der Waals surface area contributed by atoms with Crippen LogP contribution in [0.5, 0.6) is 0 Å². The molecule has 3 N–H and O–H groups in total. The molecule has 0 aliphatic rings. The van der Waals surface area contributed by atoms with E-state index in [1.807, 2.05) is 0 Å². The van der Waals surface area contributed by atoms with Gasteiger partial charge in [0.1, 0.15) is 0 Å². The van der Waals surface area contributed by atoms with Gasteiger partial charge in [0.25, 0.3) is 0 Å². The van der Waals surface area contributed by atoms with Crippen molar-refractivity contribution in [3.8, 4) is 0 Å². The number of hydrogen-bond acceptors (Lipinski definition) is 3. The van der Waals surface area contributed by atoms with Crippen LogP contribution in [-0.2, 0) is 6.61 Å². The largest absolute Gasteiger partial charge is 0.446 e. The second-order valence-corrected chi connectivity index (χ2v) is 3.68. The van der Waals surface area contributed by atoms with Crippen molar-refractivity contribution in [1.82, 2.24) is 0 Å². The van der Waals surface area contributed by atoms with E-state index in [1.54, 1.807) is 0 Å². The smallest absolute Gasteiger partial charge is 0.398 e. The number of thioether (sulfide) groups is 1. The van der Waals surface area contributed by atoms with E-state index in [0.29, 0.717) is 5.56 Å². The minimum absolute atomic E-state index is 0.0597. The lowest BCUT2D eigenvalue weighted by atomic mass is 10.2. The summed E-state index contributed by atoms with van der Waals surface area (Å²) < 4.78 is 36.0. The molecule has 1 aromatic carbocycles. The van der Waals surface area contributed by atoms with Gasteiger partial charge in [0.05, 0.1) is 6.61 Å². The molecule has 6 heteroatoms. The van der Waals surface area contributed by atoms with Gasteiger partial charge in [-0.15, -0.1) is 0 Å². The highest BCUT2D eigenvalue weighted by atomic mass is 32.2. The Morgan fingerprint density at radius 3 is 2.50 bits per heavy atom. The van der Waals surface area contributed by atoms with Gasteiger partial charge in [0.2, 0.25) is 0 Å². The standard InChI is InChI=1S/C8H8F3NOS/c9-8(10,11)14-7-3-5(4-13)1-2-6(7)12/h1-3,13H,4,12H2. The zero-order valence-corrected chi connectivity index (χ0v) is 7.82. The van der Waals surface area contributed by atoms with Crippen LogP contribution in [0.1, 0.15) is 5.56 Å². The average Bonchev–Trinajstić information content (AvgIpc) is 2.06. The molecule has 0 bridgehead atoms. The number of rotatable bonds is 2. The third-order valence-corrected chi connectivity index (χ3v) is 2.29. The predicted molar refractivity (Wildman–Crippen MR) is 48.7 cm³/mol. The van der Waals surface area contributed by atoms with E-state index in [1.165, 1.54) is 18.2 Å². The van der Waals surface area contributed by atoms with Gasteiger partial charge >= 0.3 is 5.51 Å². The van der Waals surface area contributed by atoms with Crippen LogP contribution in [0.2, 0.25) is 0 Å². The summed E-state index contributed by atoms with van der Waals surface area (Å²) in [5, 5.41) is 8.72. The molecule has 14 heavy (non-hydrogen) atoms. The summed E-state index contributed by atoms with van der Waals surface area (Å²) in [5.74, 6) is 0. The van der Waals surface area contributed by atoms with E-state index >= 15 is 0 Å². The topological polar surface area (TPSA) is 46.2 Å². The molecule has 0 radical (unpaired) electrons. The highest BCUT2D eigenvalue weighted by molar-refractivity contribution is 8.00. The maximum Gasteiger partial charge on any atom is 0.446 e. The molecule has 0 unspecified atom stereocenters. The van der Waals surface area contributed by atoms with E-state index < -0.39 is 5.51 Å². The number of nitrogen functional groups attached to an aromatic ring is 1. The van der Waals surface area contributed by atoms with Gasteiger partial charge in [-0.25, -0.2) is 0 Å². The molecule has 2 nitrogen and oxygen atoms in total. The summed E-state index contributed by atoms with van der Waals surface area (Å²) in [6, 6.07) is 4.06. The normalized spacial score (nSPS) is 11.7. The third kappa shape index (κ3) is 3.12. The SMILES string of the molecule is Nc1ccc(CO)cc1SC(F)(F)F. The van der Waals surface area contributed by atoms with Crippen molar-refractivity contribution in [2.75, 3.05) is 5.73 Å². The fourth-order valence-electron chi connectivity index (χ4n) is 0.890. The van der Waals surface area contributed by atoms with E-state index in [2.05, 4.69) is 0 Å². The third-order valence-electron chi connectivity index (χ3n) is 1.49. The first-order valence-corrected chi connectivity index (χ1v) is 4.49. The molecule has 0 heterocycles. The Morgan fingerprint density at radius 1 is 1.36 bits per heavy atom. The minimum atomic E-state index is -4.36. The first kappa shape index (κ1) is 11.2. The van der Waals surface area contributed by atoms with Gasteiger partial charge in [-0.05, 0) is 29.5 Å². The minimum Gasteiger partial charge on any atom is -0.398 e. The number of halogens is 3. The number of nitrogens with two attached hydrogens (primary N) is 1. The highest BCUT2D eigenvalue weighted by Crippen LogP contribution is 2.39. The van der Waals surface area contributed by atoms with Crippen molar-refractivity contribution >= 4 is 17.4 Å². The van der Waals surface area contributed by atoms with Gasteiger partial charge in [-0.1, -0.05) is 6.07 Å². The Hall–Kier alpha value is -0.880. The lowest BCUT2D eigenvalue weighted by molar-refractivity contribution is -0.0328. The van der Waals surface area contributed by atoms with E-state index in [4.69, 9.17) is 10.8 Å². The maximum atomic E-state index is 12.0. The number of anilines is 1. The van der Waals surface area contributed by atoms with Crippen LogP contribution in [0, 0.1) is 0 Å². The molecular weight excluding hydrogens is 215 g/mol. The molecular formula is C8H8F3NOS. The quantitative estimate of drug-likeness (QED) is 0.597.